The van der Waals surface area contributed by atoms with Crippen LogP contribution < -0.4 is 10.2 Å². The maximum Gasteiger partial charge on any atom is 0.222 e. The van der Waals surface area contributed by atoms with E-state index in [0.29, 0.717) is 17.3 Å². The van der Waals surface area contributed by atoms with Crippen molar-refractivity contribution in [3.05, 3.63) is 46.4 Å². The number of phenolic OH excluding ortho intramolecular Hbond substituents is 1. The molecule has 0 aliphatic heterocycles. The summed E-state index contributed by atoms with van der Waals surface area (Å²) < 4.78 is 5.87. The van der Waals surface area contributed by atoms with E-state index in [2.05, 4.69) is 36.4 Å². The number of fused-ring (bicyclic) bond motifs is 1. The number of anilines is 1. The zero-order valence-corrected chi connectivity index (χ0v) is 13.3. The number of nitrogens with one attached hydrogen (secondary N) is 2. The van der Waals surface area contributed by atoms with Gasteiger partial charge >= 0.3 is 0 Å². The molecular weight excluding hydrogens is 348 g/mol. The van der Waals surface area contributed by atoms with E-state index in [1.807, 2.05) is 24.3 Å². The van der Waals surface area contributed by atoms with E-state index >= 15 is 0 Å². The van der Waals surface area contributed by atoms with Crippen LogP contribution in [0.1, 0.15) is 5.56 Å². The van der Waals surface area contributed by atoms with Crippen molar-refractivity contribution in [2.24, 2.45) is 5.10 Å². The molecule has 112 valence electrons. The molecule has 1 heterocycles. The SMILES string of the molecule is COc1cc(Br)cc(C=NNc2nc3ccccc3[nH]2)c1O. The molecule has 0 spiro atoms. The van der Waals surface area contributed by atoms with Gasteiger partial charge in [0, 0.05) is 10.0 Å². The highest BCUT2D eigenvalue weighted by molar-refractivity contribution is 9.10. The summed E-state index contributed by atoms with van der Waals surface area (Å²) in [7, 11) is 1.50. The summed E-state index contributed by atoms with van der Waals surface area (Å²) in [6.45, 7) is 0. The van der Waals surface area contributed by atoms with Gasteiger partial charge in [0.1, 0.15) is 0 Å². The van der Waals surface area contributed by atoms with Gasteiger partial charge in [0.2, 0.25) is 5.95 Å². The summed E-state index contributed by atoms with van der Waals surface area (Å²) in [6, 6.07) is 11.1. The minimum absolute atomic E-state index is 0.0286. The van der Waals surface area contributed by atoms with Crippen molar-refractivity contribution < 1.29 is 9.84 Å². The molecule has 0 atom stereocenters. The first-order valence-corrected chi connectivity index (χ1v) is 7.27. The summed E-state index contributed by atoms with van der Waals surface area (Å²) >= 11 is 3.36. The zero-order valence-electron chi connectivity index (χ0n) is 11.7. The lowest BCUT2D eigenvalue weighted by Crippen LogP contribution is -1.94. The number of methoxy groups -OCH3 is 1. The maximum atomic E-state index is 10.0. The summed E-state index contributed by atoms with van der Waals surface area (Å²) in [4.78, 5) is 7.44. The van der Waals surface area contributed by atoms with Gasteiger partial charge in [0.25, 0.3) is 0 Å². The van der Waals surface area contributed by atoms with Gasteiger partial charge in [0.05, 0.1) is 24.4 Å². The number of aromatic nitrogens is 2. The van der Waals surface area contributed by atoms with Crippen molar-refractivity contribution in [1.29, 1.82) is 0 Å². The third-order valence-electron chi connectivity index (χ3n) is 3.05. The first kappa shape index (κ1) is 14.4. The Hall–Kier alpha value is -2.54. The van der Waals surface area contributed by atoms with Crippen molar-refractivity contribution >= 4 is 39.1 Å². The number of benzene rings is 2. The van der Waals surface area contributed by atoms with Gasteiger partial charge in [-0.1, -0.05) is 28.1 Å². The summed E-state index contributed by atoms with van der Waals surface area (Å²) in [5.41, 5.74) is 5.10. The largest absolute Gasteiger partial charge is 0.504 e. The molecule has 7 heteroatoms. The van der Waals surface area contributed by atoms with Crippen LogP contribution in [0.3, 0.4) is 0 Å². The highest BCUT2D eigenvalue weighted by Crippen LogP contribution is 2.32. The fourth-order valence-electron chi connectivity index (χ4n) is 2.02. The number of halogens is 1. The molecule has 0 saturated heterocycles. The second kappa shape index (κ2) is 6.07. The quantitative estimate of drug-likeness (QED) is 0.491. The van der Waals surface area contributed by atoms with E-state index < -0.39 is 0 Å². The van der Waals surface area contributed by atoms with Crippen LogP contribution in [-0.4, -0.2) is 28.4 Å². The van der Waals surface area contributed by atoms with Crippen LogP contribution in [0, 0.1) is 0 Å². The molecule has 0 saturated carbocycles. The number of hydrogen-bond donors (Lipinski definition) is 3. The van der Waals surface area contributed by atoms with Crippen LogP contribution in [-0.2, 0) is 0 Å². The number of imidazole rings is 1. The number of phenols is 1. The van der Waals surface area contributed by atoms with Crippen molar-refractivity contribution in [2.45, 2.75) is 0 Å². The van der Waals surface area contributed by atoms with E-state index in [-0.39, 0.29) is 5.75 Å². The molecule has 3 rings (SSSR count). The number of nitrogens with zero attached hydrogens (tertiary/aromatic N) is 2. The van der Waals surface area contributed by atoms with Gasteiger partial charge in [-0.25, -0.2) is 10.4 Å². The number of aromatic amines is 1. The number of H-pyrrole nitrogens is 1. The number of rotatable bonds is 4. The molecule has 0 amide bonds. The van der Waals surface area contributed by atoms with Crippen molar-refractivity contribution in [2.75, 3.05) is 12.5 Å². The molecule has 0 radical (unpaired) electrons. The predicted molar refractivity (Wildman–Crippen MR) is 89.7 cm³/mol. The molecule has 22 heavy (non-hydrogen) atoms. The van der Waals surface area contributed by atoms with Gasteiger partial charge in [-0.3, -0.25) is 0 Å². The van der Waals surface area contributed by atoms with Gasteiger partial charge in [0.15, 0.2) is 11.5 Å². The standard InChI is InChI=1S/C15H13BrN4O2/c1-22-13-7-10(16)6-9(14(13)21)8-17-20-15-18-11-4-2-3-5-12(11)19-15/h2-8,21H,1H3,(H2,18,19,20). The Bertz CT molecular complexity index is 812. The first-order valence-electron chi connectivity index (χ1n) is 6.47. The first-order chi connectivity index (χ1) is 10.7. The Balaban J connectivity index is 1.81. The molecule has 1 aromatic heterocycles. The monoisotopic (exact) mass is 360 g/mol. The molecule has 6 nitrogen and oxygen atoms in total. The van der Waals surface area contributed by atoms with Crippen LogP contribution in [0.15, 0.2) is 46.0 Å². The Morgan fingerprint density at radius 3 is 2.95 bits per heavy atom. The van der Waals surface area contributed by atoms with Crippen LogP contribution >= 0.6 is 15.9 Å². The van der Waals surface area contributed by atoms with Gasteiger partial charge < -0.3 is 14.8 Å². The minimum atomic E-state index is 0.0286. The third-order valence-corrected chi connectivity index (χ3v) is 3.51. The Morgan fingerprint density at radius 2 is 2.18 bits per heavy atom. The van der Waals surface area contributed by atoms with E-state index in [1.165, 1.54) is 13.3 Å². The number of hydrogen-bond acceptors (Lipinski definition) is 5. The zero-order chi connectivity index (χ0) is 15.5. The fraction of sp³-hybridized carbons (Fsp3) is 0.0667. The molecule has 3 aromatic rings. The lowest BCUT2D eigenvalue weighted by Gasteiger charge is -2.06. The van der Waals surface area contributed by atoms with Gasteiger partial charge in [-0.2, -0.15) is 5.10 Å². The number of ether oxygens (including phenoxy) is 1. The lowest BCUT2D eigenvalue weighted by atomic mass is 10.2. The smallest absolute Gasteiger partial charge is 0.222 e. The molecule has 0 fully saturated rings. The van der Waals surface area contributed by atoms with Crippen LogP contribution in [0.4, 0.5) is 5.95 Å². The maximum absolute atomic E-state index is 10.0. The Labute approximate surface area is 135 Å². The third kappa shape index (κ3) is 2.89. The number of aromatic hydroxyl groups is 1. The second-order valence-electron chi connectivity index (χ2n) is 4.52. The Morgan fingerprint density at radius 1 is 1.36 bits per heavy atom. The van der Waals surface area contributed by atoms with Crippen molar-refractivity contribution in [1.82, 2.24) is 9.97 Å². The summed E-state index contributed by atoms with van der Waals surface area (Å²) in [6.07, 6.45) is 1.50. The highest BCUT2D eigenvalue weighted by Gasteiger charge is 2.08. The average Bonchev–Trinajstić information content (AvgIpc) is 2.93. The normalized spacial score (nSPS) is 11.2. The number of hydrazone groups is 1. The average molecular weight is 361 g/mol. The van der Waals surface area contributed by atoms with E-state index in [9.17, 15) is 5.11 Å². The van der Waals surface area contributed by atoms with Crippen molar-refractivity contribution in [3.63, 3.8) is 0 Å². The lowest BCUT2D eigenvalue weighted by molar-refractivity contribution is 0.373. The van der Waals surface area contributed by atoms with Crippen molar-refractivity contribution in [3.8, 4) is 11.5 Å². The minimum Gasteiger partial charge on any atom is -0.504 e. The van der Waals surface area contributed by atoms with Crippen LogP contribution in [0.5, 0.6) is 11.5 Å². The van der Waals surface area contributed by atoms with Crippen LogP contribution in [0.2, 0.25) is 0 Å². The number of para-hydroxylation sites is 2. The van der Waals surface area contributed by atoms with Crippen LogP contribution in [0.25, 0.3) is 11.0 Å². The highest BCUT2D eigenvalue weighted by atomic mass is 79.9. The predicted octanol–water partition coefficient (Wildman–Crippen LogP) is 3.49. The molecule has 0 unspecified atom stereocenters. The molecule has 0 bridgehead atoms. The summed E-state index contributed by atoms with van der Waals surface area (Å²) in [5.74, 6) is 0.930. The summed E-state index contributed by atoms with van der Waals surface area (Å²) in [5, 5.41) is 14.1. The van der Waals surface area contributed by atoms with Gasteiger partial charge in [-0.05, 0) is 24.3 Å². The van der Waals surface area contributed by atoms with Gasteiger partial charge in [-0.15, -0.1) is 0 Å². The molecular formula is C15H13BrN4O2. The molecule has 3 N–H and O–H groups in total. The molecule has 0 aliphatic rings. The van der Waals surface area contributed by atoms with E-state index in [1.54, 1.807) is 12.1 Å². The second-order valence-corrected chi connectivity index (χ2v) is 5.43. The topological polar surface area (TPSA) is 82.5 Å². The Kier molecular flexibility index (Phi) is 3.97. The molecule has 0 aliphatic carbocycles. The molecule has 2 aromatic carbocycles. The van der Waals surface area contributed by atoms with E-state index in [4.69, 9.17) is 4.74 Å². The fourth-order valence-corrected chi connectivity index (χ4v) is 2.47. The van der Waals surface area contributed by atoms with E-state index in [0.717, 1.165) is 15.5 Å².